The molecule has 5 nitrogen and oxygen atoms in total. The van der Waals surface area contributed by atoms with Crippen LogP contribution in [-0.4, -0.2) is 34.1 Å². The number of benzene rings is 1. The molecule has 3 N–H and O–H groups in total. The van der Waals surface area contributed by atoms with E-state index >= 15 is 0 Å². The third-order valence-corrected chi connectivity index (χ3v) is 4.11. The molecule has 1 fully saturated rings. The Morgan fingerprint density at radius 3 is 2.50 bits per heavy atom. The van der Waals surface area contributed by atoms with Gasteiger partial charge in [0.2, 0.25) is 0 Å². The quantitative estimate of drug-likeness (QED) is 0.780. The topological polar surface area (TPSA) is 78.8 Å². The molecule has 22 heavy (non-hydrogen) atoms. The van der Waals surface area contributed by atoms with E-state index in [0.29, 0.717) is 23.4 Å². The highest BCUT2D eigenvalue weighted by molar-refractivity contribution is 6.31. The Balaban J connectivity index is 2.36. The molecule has 2 rings (SSSR count). The first-order valence-corrected chi connectivity index (χ1v) is 7.66. The highest BCUT2D eigenvalue weighted by Gasteiger charge is 2.51. The molecule has 6 heteroatoms. The van der Waals surface area contributed by atoms with Gasteiger partial charge in [-0.2, -0.15) is 0 Å². The van der Waals surface area contributed by atoms with Gasteiger partial charge in [0, 0.05) is 5.02 Å². The predicted octanol–water partition coefficient (Wildman–Crippen LogP) is 2.58. The number of alkyl carbamates (subject to hydrolysis) is 1. The number of carbonyl (C=O) groups is 1. The van der Waals surface area contributed by atoms with Crippen molar-refractivity contribution in [3.05, 3.63) is 34.9 Å². The molecule has 1 aliphatic carbocycles. The van der Waals surface area contributed by atoms with Gasteiger partial charge in [-0.25, -0.2) is 4.79 Å². The van der Waals surface area contributed by atoms with Gasteiger partial charge in [0.1, 0.15) is 11.7 Å². The second kappa shape index (κ2) is 6.07. The Kier molecular flexibility index (Phi) is 4.70. The maximum Gasteiger partial charge on any atom is 0.408 e. The third-order valence-electron chi connectivity index (χ3n) is 3.78. The predicted molar refractivity (Wildman–Crippen MR) is 83.7 cm³/mol. The summed E-state index contributed by atoms with van der Waals surface area (Å²) in [6.07, 6.45) is -1.99. The number of amides is 1. The Morgan fingerprint density at radius 2 is 2.00 bits per heavy atom. The zero-order valence-corrected chi connectivity index (χ0v) is 13.7. The number of aliphatic hydroxyl groups is 2. The molecule has 0 bridgehead atoms. The van der Waals surface area contributed by atoms with E-state index in [1.165, 1.54) is 0 Å². The normalized spacial score (nSPS) is 28.5. The lowest BCUT2D eigenvalue weighted by atomic mass is 9.86. The molecule has 0 aliphatic heterocycles. The van der Waals surface area contributed by atoms with Gasteiger partial charge in [-0.05, 0) is 45.2 Å². The van der Waals surface area contributed by atoms with E-state index in [1.54, 1.807) is 45.0 Å². The minimum atomic E-state index is -1.15. The highest BCUT2D eigenvalue weighted by atomic mass is 35.5. The second-order valence-corrected chi connectivity index (χ2v) is 7.04. The van der Waals surface area contributed by atoms with Crippen molar-refractivity contribution in [3.8, 4) is 0 Å². The Labute approximate surface area is 135 Å². The highest BCUT2D eigenvalue weighted by Crippen LogP contribution is 2.42. The lowest BCUT2D eigenvalue weighted by Crippen LogP contribution is -2.54. The molecule has 1 saturated carbocycles. The van der Waals surface area contributed by atoms with Crippen LogP contribution in [0.15, 0.2) is 24.3 Å². The van der Waals surface area contributed by atoms with E-state index in [-0.39, 0.29) is 0 Å². The summed E-state index contributed by atoms with van der Waals surface area (Å²) in [7, 11) is 0. The number of aliphatic hydroxyl groups excluding tert-OH is 2. The fourth-order valence-corrected chi connectivity index (χ4v) is 3.12. The second-order valence-electron chi connectivity index (χ2n) is 6.63. The molecule has 122 valence electrons. The maximum atomic E-state index is 12.2. The molecule has 1 amide bonds. The number of rotatable bonds is 2. The van der Waals surface area contributed by atoms with Gasteiger partial charge in [0.15, 0.2) is 0 Å². The molecule has 0 aromatic heterocycles. The standard InChI is InChI=1S/C16H22ClNO4/c1-15(2,3)22-14(21)18-16(9-8-12(19)13(16)20)10-6-4-5-7-11(10)17/h4-7,12-13,19-20H,8-9H2,1-3H3,(H,18,21). The van der Waals surface area contributed by atoms with Crippen LogP contribution in [0.5, 0.6) is 0 Å². The molecular formula is C16H22ClNO4. The third kappa shape index (κ3) is 3.37. The Morgan fingerprint density at radius 1 is 1.36 bits per heavy atom. The zero-order valence-electron chi connectivity index (χ0n) is 13.0. The summed E-state index contributed by atoms with van der Waals surface area (Å²) in [5.41, 5.74) is -1.24. The zero-order chi connectivity index (χ0) is 16.5. The number of hydrogen-bond acceptors (Lipinski definition) is 4. The van der Waals surface area contributed by atoms with Crippen LogP contribution < -0.4 is 5.32 Å². The molecule has 0 saturated heterocycles. The average molecular weight is 328 g/mol. The lowest BCUT2D eigenvalue weighted by molar-refractivity contribution is -0.0104. The van der Waals surface area contributed by atoms with Gasteiger partial charge in [0.25, 0.3) is 0 Å². The summed E-state index contributed by atoms with van der Waals surface area (Å²) < 4.78 is 5.28. The molecule has 3 atom stereocenters. The van der Waals surface area contributed by atoms with Gasteiger partial charge in [-0.15, -0.1) is 0 Å². The first-order chi connectivity index (χ1) is 10.2. The fraction of sp³-hybridized carbons (Fsp3) is 0.562. The lowest BCUT2D eigenvalue weighted by Gasteiger charge is -2.36. The average Bonchev–Trinajstić information content (AvgIpc) is 2.66. The van der Waals surface area contributed by atoms with Gasteiger partial charge in [-0.3, -0.25) is 0 Å². The van der Waals surface area contributed by atoms with Gasteiger partial charge in [0.05, 0.1) is 11.6 Å². The SMILES string of the molecule is CC(C)(C)OC(=O)NC1(c2ccccc2Cl)CCC(O)C1O. The Bertz CT molecular complexity index is 557. The first kappa shape index (κ1) is 17.1. The number of carbonyl (C=O) groups excluding carboxylic acids is 1. The van der Waals surface area contributed by atoms with Crippen LogP contribution >= 0.6 is 11.6 Å². The minimum Gasteiger partial charge on any atom is -0.444 e. The molecule has 1 aromatic carbocycles. The van der Waals surface area contributed by atoms with Crippen molar-refractivity contribution in [2.75, 3.05) is 0 Å². The number of halogens is 1. The summed E-state index contributed by atoms with van der Waals surface area (Å²) in [5, 5.41) is 23.6. The van der Waals surface area contributed by atoms with Crippen LogP contribution in [0.3, 0.4) is 0 Å². The van der Waals surface area contributed by atoms with Crippen LogP contribution in [0.1, 0.15) is 39.2 Å². The monoisotopic (exact) mass is 327 g/mol. The van der Waals surface area contributed by atoms with Crippen LogP contribution in [0, 0.1) is 0 Å². The van der Waals surface area contributed by atoms with Crippen LogP contribution in [0.25, 0.3) is 0 Å². The van der Waals surface area contributed by atoms with E-state index in [0.717, 1.165) is 0 Å². The van der Waals surface area contributed by atoms with Crippen molar-refractivity contribution in [1.82, 2.24) is 5.32 Å². The van der Waals surface area contributed by atoms with E-state index in [1.807, 2.05) is 0 Å². The summed E-state index contributed by atoms with van der Waals surface area (Å²) in [6, 6.07) is 6.97. The number of ether oxygens (including phenoxy) is 1. The molecule has 0 heterocycles. The largest absolute Gasteiger partial charge is 0.444 e. The molecule has 0 radical (unpaired) electrons. The van der Waals surface area contributed by atoms with Crippen molar-refractivity contribution in [2.24, 2.45) is 0 Å². The number of hydrogen-bond donors (Lipinski definition) is 3. The van der Waals surface area contributed by atoms with Crippen molar-refractivity contribution in [1.29, 1.82) is 0 Å². The number of nitrogens with one attached hydrogen (secondary N) is 1. The van der Waals surface area contributed by atoms with Crippen LogP contribution in [-0.2, 0) is 10.3 Å². The Hall–Kier alpha value is -1.30. The van der Waals surface area contributed by atoms with Gasteiger partial charge >= 0.3 is 6.09 Å². The smallest absolute Gasteiger partial charge is 0.408 e. The molecule has 3 unspecified atom stereocenters. The van der Waals surface area contributed by atoms with Crippen molar-refractivity contribution in [2.45, 2.75) is 57.0 Å². The van der Waals surface area contributed by atoms with Crippen molar-refractivity contribution in [3.63, 3.8) is 0 Å². The molecule has 1 aromatic rings. The summed E-state index contributed by atoms with van der Waals surface area (Å²) in [4.78, 5) is 12.2. The van der Waals surface area contributed by atoms with E-state index in [9.17, 15) is 15.0 Å². The van der Waals surface area contributed by atoms with E-state index in [4.69, 9.17) is 16.3 Å². The maximum absolute atomic E-state index is 12.2. The fourth-order valence-electron chi connectivity index (χ4n) is 2.82. The summed E-state index contributed by atoms with van der Waals surface area (Å²) >= 11 is 6.24. The van der Waals surface area contributed by atoms with Crippen molar-refractivity contribution < 1.29 is 19.7 Å². The van der Waals surface area contributed by atoms with Crippen molar-refractivity contribution >= 4 is 17.7 Å². The summed E-state index contributed by atoms with van der Waals surface area (Å²) in [5.74, 6) is 0. The van der Waals surface area contributed by atoms with Gasteiger partial charge in [-0.1, -0.05) is 29.8 Å². The first-order valence-electron chi connectivity index (χ1n) is 7.28. The van der Waals surface area contributed by atoms with E-state index < -0.39 is 29.4 Å². The molecule has 0 spiro atoms. The van der Waals surface area contributed by atoms with E-state index in [2.05, 4.69) is 5.32 Å². The minimum absolute atomic E-state index is 0.363. The molecular weight excluding hydrogens is 306 g/mol. The molecule has 1 aliphatic rings. The van der Waals surface area contributed by atoms with Gasteiger partial charge < -0.3 is 20.3 Å². The van der Waals surface area contributed by atoms with Crippen LogP contribution in [0.4, 0.5) is 4.79 Å². The van der Waals surface area contributed by atoms with Crippen LogP contribution in [0.2, 0.25) is 5.02 Å². The summed E-state index contributed by atoms with van der Waals surface area (Å²) in [6.45, 7) is 5.28.